The Morgan fingerprint density at radius 2 is 1.93 bits per heavy atom. The Balaban J connectivity index is 1.65. The molecule has 3 rings (SSSR count). The van der Waals surface area contributed by atoms with Gasteiger partial charge in [0.15, 0.2) is 6.23 Å². The van der Waals surface area contributed by atoms with E-state index >= 15 is 0 Å². The third-order valence-corrected chi connectivity index (χ3v) is 3.99. The maximum Gasteiger partial charge on any atom is 0.337 e. The monoisotopic (exact) mass is 373 g/mol. The van der Waals surface area contributed by atoms with Gasteiger partial charge in [-0.25, -0.2) is 13.6 Å². The lowest BCUT2D eigenvalue weighted by Crippen LogP contribution is -2.31. The average molecular weight is 373 g/mol. The van der Waals surface area contributed by atoms with E-state index in [9.17, 15) is 18.7 Å². The molecule has 0 fully saturated rings. The molecule has 2 aromatic carbocycles. The minimum atomic E-state index is -1.01. The Morgan fingerprint density at radius 1 is 1.19 bits per heavy atom. The van der Waals surface area contributed by atoms with Crippen molar-refractivity contribution in [1.29, 1.82) is 0 Å². The molecule has 0 saturated heterocycles. The summed E-state index contributed by atoms with van der Waals surface area (Å²) in [5.74, 6) is -1.44. The molecule has 0 saturated carbocycles. The fourth-order valence-electron chi connectivity index (χ4n) is 2.55. The molecule has 0 aromatic heterocycles. The van der Waals surface area contributed by atoms with Gasteiger partial charge in [0, 0.05) is 29.6 Å². The smallest absolute Gasteiger partial charge is 0.337 e. The molecule has 0 bridgehead atoms. The van der Waals surface area contributed by atoms with Crippen LogP contribution in [0.2, 0.25) is 0 Å². The zero-order valence-corrected chi connectivity index (χ0v) is 14.4. The molecule has 0 amide bonds. The first kappa shape index (κ1) is 18.6. The third-order valence-electron chi connectivity index (χ3n) is 3.99. The van der Waals surface area contributed by atoms with E-state index in [2.05, 4.69) is 4.74 Å². The fraction of sp³-hybridized carbons (Fsp3) is 0.150. The van der Waals surface area contributed by atoms with Crippen LogP contribution in [-0.4, -0.2) is 24.4 Å². The van der Waals surface area contributed by atoms with Crippen LogP contribution in [-0.2, 0) is 16.1 Å². The maximum absolute atomic E-state index is 13.6. The Kier molecular flexibility index (Phi) is 5.52. The van der Waals surface area contributed by atoms with E-state index in [1.807, 2.05) is 0 Å². The van der Waals surface area contributed by atoms with Crippen LogP contribution in [0.5, 0.6) is 0 Å². The van der Waals surface area contributed by atoms with Gasteiger partial charge in [0.05, 0.1) is 12.7 Å². The zero-order valence-electron chi connectivity index (χ0n) is 14.4. The number of methoxy groups -OCH3 is 1. The summed E-state index contributed by atoms with van der Waals surface area (Å²) in [6.45, 7) is -0.0944. The van der Waals surface area contributed by atoms with E-state index in [-0.39, 0.29) is 12.2 Å². The van der Waals surface area contributed by atoms with Crippen LogP contribution in [0.15, 0.2) is 66.6 Å². The Hall–Kier alpha value is -3.19. The van der Waals surface area contributed by atoms with Crippen molar-refractivity contribution in [3.05, 3.63) is 89.3 Å². The zero-order chi connectivity index (χ0) is 19.4. The number of carbonyl (C=O) groups excluding carboxylic acids is 1. The van der Waals surface area contributed by atoms with E-state index in [0.717, 1.165) is 12.1 Å². The van der Waals surface area contributed by atoms with Crippen LogP contribution in [0.1, 0.15) is 15.9 Å². The number of nitrogens with zero attached hydrogens (tertiary/aromatic N) is 1. The molecule has 1 atom stereocenters. The number of allylic oxidation sites excluding steroid dienone is 1. The molecular weight excluding hydrogens is 356 g/mol. The van der Waals surface area contributed by atoms with Gasteiger partial charge in [-0.15, -0.1) is 0 Å². The molecular formula is C20H17F2NO4. The quantitative estimate of drug-likeness (QED) is 0.813. The highest BCUT2D eigenvalue weighted by molar-refractivity contribution is 5.89. The summed E-state index contributed by atoms with van der Waals surface area (Å²) in [6.07, 6.45) is 3.67. The summed E-state index contributed by atoms with van der Waals surface area (Å²) in [5, 5.41) is 10.3. The second-order valence-corrected chi connectivity index (χ2v) is 5.77. The van der Waals surface area contributed by atoms with Crippen LogP contribution < -0.4 is 4.90 Å². The number of carbonyl (C=O) groups is 1. The van der Waals surface area contributed by atoms with Gasteiger partial charge in [-0.05, 0) is 42.5 Å². The van der Waals surface area contributed by atoms with Crippen LogP contribution in [0, 0.1) is 11.6 Å². The summed E-state index contributed by atoms with van der Waals surface area (Å²) in [4.78, 5) is 13.0. The highest BCUT2D eigenvalue weighted by atomic mass is 19.1. The van der Waals surface area contributed by atoms with Crippen molar-refractivity contribution in [2.75, 3.05) is 12.0 Å². The number of hydrogen-bond acceptors (Lipinski definition) is 5. The molecule has 1 heterocycles. The van der Waals surface area contributed by atoms with Crippen molar-refractivity contribution < 1.29 is 28.2 Å². The minimum absolute atomic E-state index is 0.0944. The first-order chi connectivity index (χ1) is 13.0. The van der Waals surface area contributed by atoms with Gasteiger partial charge in [-0.1, -0.05) is 0 Å². The number of benzene rings is 2. The third kappa shape index (κ3) is 4.32. The summed E-state index contributed by atoms with van der Waals surface area (Å²) in [5.41, 5.74) is 1.27. The molecule has 7 heteroatoms. The predicted octanol–water partition coefficient (Wildman–Crippen LogP) is 3.50. The van der Waals surface area contributed by atoms with E-state index in [4.69, 9.17) is 4.74 Å². The molecule has 0 aliphatic carbocycles. The highest BCUT2D eigenvalue weighted by Gasteiger charge is 2.18. The summed E-state index contributed by atoms with van der Waals surface area (Å²) < 4.78 is 36.7. The first-order valence-electron chi connectivity index (χ1n) is 8.09. The molecule has 1 aliphatic heterocycles. The predicted molar refractivity (Wildman–Crippen MR) is 94.6 cm³/mol. The second-order valence-electron chi connectivity index (χ2n) is 5.77. The highest BCUT2D eigenvalue weighted by Crippen LogP contribution is 2.23. The normalized spacial score (nSPS) is 16.1. The Labute approximate surface area is 154 Å². The van der Waals surface area contributed by atoms with Crippen molar-refractivity contribution in [3.8, 4) is 0 Å². The number of anilines is 1. The van der Waals surface area contributed by atoms with Gasteiger partial charge < -0.3 is 19.5 Å². The SMILES string of the molecule is COC(=O)c1ccc(N2C=CC(OCc3ccc(F)cc3F)=CC2O)cc1. The van der Waals surface area contributed by atoms with E-state index in [1.54, 1.807) is 41.4 Å². The molecule has 1 unspecified atom stereocenters. The van der Waals surface area contributed by atoms with Crippen LogP contribution in [0.3, 0.4) is 0 Å². The van der Waals surface area contributed by atoms with Crippen LogP contribution in [0.4, 0.5) is 14.5 Å². The maximum atomic E-state index is 13.6. The van der Waals surface area contributed by atoms with Crippen molar-refractivity contribution >= 4 is 11.7 Å². The number of ether oxygens (including phenoxy) is 2. The molecule has 140 valence electrons. The van der Waals surface area contributed by atoms with Crippen molar-refractivity contribution in [2.24, 2.45) is 0 Å². The standard InChI is InChI=1S/C20H17F2NO4/c1-26-20(25)13-3-6-16(7-4-13)23-9-8-17(11-19(23)24)27-12-14-2-5-15(21)10-18(14)22/h2-11,19,24H,12H2,1H3. The topological polar surface area (TPSA) is 59.0 Å². The minimum Gasteiger partial charge on any atom is -0.489 e. The number of hydrogen-bond donors (Lipinski definition) is 1. The molecule has 2 aromatic rings. The molecule has 1 N–H and O–H groups in total. The number of rotatable bonds is 5. The van der Waals surface area contributed by atoms with E-state index in [1.165, 1.54) is 19.3 Å². The van der Waals surface area contributed by atoms with E-state index < -0.39 is 23.8 Å². The van der Waals surface area contributed by atoms with Crippen LogP contribution in [0.25, 0.3) is 0 Å². The van der Waals surface area contributed by atoms with Gasteiger partial charge in [-0.3, -0.25) is 0 Å². The average Bonchev–Trinajstić information content (AvgIpc) is 2.67. The van der Waals surface area contributed by atoms with Gasteiger partial charge in [0.25, 0.3) is 0 Å². The number of halogens is 2. The van der Waals surface area contributed by atoms with Crippen molar-refractivity contribution in [2.45, 2.75) is 12.8 Å². The Bertz CT molecular complexity index is 893. The molecule has 0 radical (unpaired) electrons. The lowest BCUT2D eigenvalue weighted by atomic mass is 10.1. The first-order valence-corrected chi connectivity index (χ1v) is 8.09. The lowest BCUT2D eigenvalue weighted by Gasteiger charge is -2.28. The summed E-state index contributed by atoms with van der Waals surface area (Å²) in [6, 6.07) is 9.79. The summed E-state index contributed by atoms with van der Waals surface area (Å²) in [7, 11) is 1.30. The second kappa shape index (κ2) is 8.01. The molecule has 5 nitrogen and oxygen atoms in total. The van der Waals surface area contributed by atoms with Gasteiger partial charge >= 0.3 is 5.97 Å². The van der Waals surface area contributed by atoms with Crippen molar-refractivity contribution in [3.63, 3.8) is 0 Å². The lowest BCUT2D eigenvalue weighted by molar-refractivity contribution is 0.0600. The fourth-order valence-corrected chi connectivity index (χ4v) is 2.55. The van der Waals surface area contributed by atoms with Crippen molar-refractivity contribution in [1.82, 2.24) is 0 Å². The van der Waals surface area contributed by atoms with Gasteiger partial charge in [0.1, 0.15) is 24.0 Å². The molecule has 27 heavy (non-hydrogen) atoms. The summed E-state index contributed by atoms with van der Waals surface area (Å²) >= 11 is 0. The molecule has 1 aliphatic rings. The van der Waals surface area contributed by atoms with E-state index in [0.29, 0.717) is 17.0 Å². The Morgan fingerprint density at radius 3 is 2.56 bits per heavy atom. The number of aliphatic hydroxyl groups excluding tert-OH is 1. The number of aliphatic hydroxyl groups is 1. The largest absolute Gasteiger partial charge is 0.489 e. The van der Waals surface area contributed by atoms with Crippen LogP contribution >= 0.6 is 0 Å². The molecule has 0 spiro atoms. The number of esters is 1. The van der Waals surface area contributed by atoms with Gasteiger partial charge in [0.2, 0.25) is 0 Å². The van der Waals surface area contributed by atoms with Gasteiger partial charge in [-0.2, -0.15) is 0 Å².